The van der Waals surface area contributed by atoms with Gasteiger partial charge in [-0.2, -0.15) is 13.2 Å². The van der Waals surface area contributed by atoms with Crippen LogP contribution in [-0.4, -0.2) is 32.1 Å². The molecule has 0 spiro atoms. The van der Waals surface area contributed by atoms with E-state index in [2.05, 4.69) is 23.9 Å². The molecule has 1 aromatic heterocycles. The molecule has 39 heavy (non-hydrogen) atoms. The van der Waals surface area contributed by atoms with Crippen molar-refractivity contribution in [2.75, 3.05) is 20.3 Å². The lowest BCUT2D eigenvalue weighted by Crippen LogP contribution is -2.31. The van der Waals surface area contributed by atoms with Crippen LogP contribution in [0.25, 0.3) is 11.1 Å². The van der Waals surface area contributed by atoms with Gasteiger partial charge in [-0.05, 0) is 85.3 Å². The number of rotatable bonds is 11. The zero-order valence-electron chi connectivity index (χ0n) is 22.8. The van der Waals surface area contributed by atoms with E-state index >= 15 is 0 Å². The third-order valence-corrected chi connectivity index (χ3v) is 8.40. The van der Waals surface area contributed by atoms with Crippen LogP contribution in [0.5, 0.6) is 5.75 Å². The van der Waals surface area contributed by atoms with Gasteiger partial charge in [-0.15, -0.1) is 11.3 Å². The van der Waals surface area contributed by atoms with Crippen LogP contribution < -0.4 is 10.1 Å². The molecule has 1 amide bonds. The summed E-state index contributed by atoms with van der Waals surface area (Å²) in [5, 5.41) is 2.75. The maximum Gasteiger partial charge on any atom is 0.416 e. The van der Waals surface area contributed by atoms with E-state index in [-0.39, 0.29) is 30.3 Å². The smallest absolute Gasteiger partial charge is 0.416 e. The Morgan fingerprint density at radius 3 is 2.10 bits per heavy atom. The van der Waals surface area contributed by atoms with E-state index in [9.17, 15) is 22.8 Å². The molecule has 2 aromatic carbocycles. The van der Waals surface area contributed by atoms with Gasteiger partial charge < -0.3 is 14.8 Å². The molecule has 0 aliphatic rings. The molecule has 0 atom stereocenters. The van der Waals surface area contributed by atoms with E-state index in [0.29, 0.717) is 17.2 Å². The number of benzene rings is 2. The Bertz CT molecular complexity index is 1270. The molecule has 1 N–H and O–H groups in total. The summed E-state index contributed by atoms with van der Waals surface area (Å²) in [6.45, 7) is 8.63. The Morgan fingerprint density at radius 1 is 0.949 bits per heavy atom. The number of thiophene rings is 1. The van der Waals surface area contributed by atoms with Crippen LogP contribution in [0.3, 0.4) is 0 Å². The fourth-order valence-electron chi connectivity index (χ4n) is 4.60. The minimum Gasteiger partial charge on any atom is -0.493 e. The van der Waals surface area contributed by atoms with E-state index in [1.165, 1.54) is 30.6 Å². The molecule has 0 unspecified atom stereocenters. The molecule has 0 aliphatic heterocycles. The third kappa shape index (κ3) is 7.20. The first-order valence-electron chi connectivity index (χ1n) is 12.8. The van der Waals surface area contributed by atoms with Gasteiger partial charge in [0.05, 0.1) is 30.6 Å². The monoisotopic (exact) mass is 561 g/mol. The second-order valence-corrected chi connectivity index (χ2v) is 10.6. The van der Waals surface area contributed by atoms with Gasteiger partial charge in [0, 0.05) is 16.8 Å². The minimum atomic E-state index is -4.37. The van der Waals surface area contributed by atoms with Crippen LogP contribution in [0.4, 0.5) is 13.2 Å². The van der Waals surface area contributed by atoms with Crippen molar-refractivity contribution in [2.24, 2.45) is 0 Å². The van der Waals surface area contributed by atoms with Crippen LogP contribution in [0.2, 0.25) is 0 Å². The lowest BCUT2D eigenvalue weighted by atomic mass is 9.81. The molecule has 9 heteroatoms. The summed E-state index contributed by atoms with van der Waals surface area (Å²) in [7, 11) is 1.31. The zero-order valence-corrected chi connectivity index (χ0v) is 23.6. The Balaban J connectivity index is 1.75. The van der Waals surface area contributed by atoms with E-state index in [1.54, 1.807) is 6.07 Å². The Hall–Kier alpha value is -3.33. The molecule has 3 aromatic rings. The van der Waals surface area contributed by atoms with Crippen molar-refractivity contribution >= 4 is 23.2 Å². The Morgan fingerprint density at radius 2 is 1.56 bits per heavy atom. The van der Waals surface area contributed by atoms with Crippen molar-refractivity contribution < 1.29 is 32.2 Å². The number of methoxy groups -OCH3 is 1. The van der Waals surface area contributed by atoms with E-state index < -0.39 is 11.7 Å². The molecule has 1 heterocycles. The number of carbonyl (C=O) groups is 2. The highest BCUT2D eigenvalue weighted by atomic mass is 32.1. The minimum absolute atomic E-state index is 0.110. The summed E-state index contributed by atoms with van der Waals surface area (Å²) in [6, 6.07) is 12.8. The second kappa shape index (κ2) is 12.7. The SMILES string of the molecule is CCC(CC)(COc1cc(C)c(-c2ccc(C(F)(F)F)cc2)c(C)c1)c1ccc(C(=O)NCCC(=O)OC)s1. The number of halogens is 3. The largest absolute Gasteiger partial charge is 0.493 e. The average molecular weight is 562 g/mol. The third-order valence-electron chi connectivity index (χ3n) is 7.07. The fraction of sp³-hybridized carbons (Fsp3) is 0.400. The summed E-state index contributed by atoms with van der Waals surface area (Å²) in [6.07, 6.45) is -2.66. The number of hydrogen-bond acceptors (Lipinski definition) is 5. The van der Waals surface area contributed by atoms with Crippen LogP contribution in [0, 0.1) is 13.8 Å². The molecular formula is C30H34F3NO4S. The Kier molecular flexibility index (Phi) is 9.83. The summed E-state index contributed by atoms with van der Waals surface area (Å²) < 4.78 is 49.8. The van der Waals surface area contributed by atoms with Crippen LogP contribution >= 0.6 is 11.3 Å². The zero-order chi connectivity index (χ0) is 28.8. The van der Waals surface area contributed by atoms with Crippen molar-refractivity contribution in [2.45, 2.75) is 58.5 Å². The van der Waals surface area contributed by atoms with Crippen molar-refractivity contribution in [3.63, 3.8) is 0 Å². The predicted molar refractivity (Wildman–Crippen MR) is 147 cm³/mol. The molecule has 0 saturated carbocycles. The van der Waals surface area contributed by atoms with Crippen molar-refractivity contribution in [1.29, 1.82) is 0 Å². The summed E-state index contributed by atoms with van der Waals surface area (Å²) >= 11 is 1.42. The van der Waals surface area contributed by atoms with Gasteiger partial charge in [-0.25, -0.2) is 0 Å². The molecule has 5 nitrogen and oxygen atoms in total. The molecule has 0 saturated heterocycles. The molecule has 3 rings (SSSR count). The first-order valence-corrected chi connectivity index (χ1v) is 13.6. The van der Waals surface area contributed by atoms with Gasteiger partial charge in [0.25, 0.3) is 5.91 Å². The van der Waals surface area contributed by atoms with Gasteiger partial charge in [-0.1, -0.05) is 26.0 Å². The maximum absolute atomic E-state index is 13.0. The van der Waals surface area contributed by atoms with Gasteiger partial charge in [0.2, 0.25) is 0 Å². The van der Waals surface area contributed by atoms with Gasteiger partial charge in [0.15, 0.2) is 0 Å². The number of esters is 1. The quantitative estimate of drug-likeness (QED) is 0.247. The summed E-state index contributed by atoms with van der Waals surface area (Å²) in [5.74, 6) is 0.0692. The van der Waals surface area contributed by atoms with Crippen molar-refractivity contribution in [1.82, 2.24) is 5.32 Å². The molecule has 0 bridgehead atoms. The summed E-state index contributed by atoms with van der Waals surface area (Å²) in [4.78, 5) is 25.5. The number of ether oxygens (including phenoxy) is 2. The van der Waals surface area contributed by atoms with Gasteiger partial charge in [0.1, 0.15) is 5.75 Å². The average Bonchev–Trinajstić information content (AvgIpc) is 3.40. The normalized spacial score (nSPS) is 11.8. The highest BCUT2D eigenvalue weighted by molar-refractivity contribution is 7.14. The lowest BCUT2D eigenvalue weighted by molar-refractivity contribution is -0.140. The topological polar surface area (TPSA) is 64.6 Å². The molecule has 0 fully saturated rings. The fourth-order valence-corrected chi connectivity index (χ4v) is 5.83. The first kappa shape index (κ1) is 30.2. The second-order valence-electron chi connectivity index (χ2n) is 9.53. The highest BCUT2D eigenvalue weighted by Crippen LogP contribution is 2.39. The molecule has 0 aliphatic carbocycles. The van der Waals surface area contributed by atoms with Gasteiger partial charge >= 0.3 is 12.1 Å². The molecule has 0 radical (unpaired) electrons. The van der Waals surface area contributed by atoms with Crippen molar-refractivity contribution in [3.8, 4) is 16.9 Å². The number of amides is 1. The number of hydrogen-bond donors (Lipinski definition) is 1. The van der Waals surface area contributed by atoms with Crippen LogP contribution in [0.1, 0.15) is 64.3 Å². The van der Waals surface area contributed by atoms with E-state index in [4.69, 9.17) is 4.74 Å². The highest BCUT2D eigenvalue weighted by Gasteiger charge is 2.32. The Labute approximate surface area is 231 Å². The van der Waals surface area contributed by atoms with Gasteiger partial charge in [-0.3, -0.25) is 9.59 Å². The maximum atomic E-state index is 13.0. The first-order chi connectivity index (χ1) is 18.4. The van der Waals surface area contributed by atoms with Crippen LogP contribution in [0.15, 0.2) is 48.5 Å². The van der Waals surface area contributed by atoms with Crippen molar-refractivity contribution in [3.05, 3.63) is 75.0 Å². The number of alkyl halides is 3. The molecule has 210 valence electrons. The lowest BCUT2D eigenvalue weighted by Gasteiger charge is -2.31. The van der Waals surface area contributed by atoms with Crippen LogP contribution in [-0.2, 0) is 21.1 Å². The predicted octanol–water partition coefficient (Wildman–Crippen LogP) is 7.48. The van der Waals surface area contributed by atoms with E-state index in [0.717, 1.165) is 52.1 Å². The number of nitrogens with one attached hydrogen (secondary N) is 1. The number of aryl methyl sites for hydroxylation is 2. The standard InChI is InChI=1S/C30H34F3NO4S/c1-6-29(7-2,25-13-12-24(39-25)28(36)34-15-14-26(35)37-5)18-38-23-16-19(3)27(20(4)17-23)21-8-10-22(11-9-21)30(31,32)33/h8-13,16-17H,6-7,14-15,18H2,1-5H3,(H,34,36). The number of carbonyl (C=O) groups excluding carboxylic acids is 2. The van der Waals surface area contributed by atoms with E-state index in [1.807, 2.05) is 32.0 Å². The summed E-state index contributed by atoms with van der Waals surface area (Å²) in [5.41, 5.74) is 2.44. The molecular weight excluding hydrogens is 527 g/mol.